The van der Waals surface area contributed by atoms with Crippen molar-refractivity contribution in [1.82, 2.24) is 4.90 Å². The third kappa shape index (κ3) is 21.6. The Morgan fingerprint density at radius 3 is 2.11 bits per heavy atom. The van der Waals surface area contributed by atoms with E-state index in [0.29, 0.717) is 32.7 Å². The number of aliphatic carboxylic acids is 1. The van der Waals surface area contributed by atoms with Crippen molar-refractivity contribution in [3.63, 3.8) is 0 Å². The minimum atomic E-state index is -0.896. The van der Waals surface area contributed by atoms with E-state index in [9.17, 15) is 14.7 Å². The Balaban J connectivity index is 3.97. The van der Waals surface area contributed by atoms with Crippen LogP contribution in [0.5, 0.6) is 0 Å². The van der Waals surface area contributed by atoms with Crippen LogP contribution >= 0.6 is 0 Å². The fourth-order valence-electron chi connectivity index (χ4n) is 3.69. The van der Waals surface area contributed by atoms with E-state index in [1.165, 1.54) is 45.6 Å². The number of hydrogen-bond donors (Lipinski definition) is 1. The molecule has 0 rings (SSSR count). The molecule has 2 atom stereocenters. The van der Waals surface area contributed by atoms with E-state index in [-0.39, 0.29) is 12.0 Å². The molecular weight excluding hydrogens is 446 g/mol. The Bertz CT molecular complexity index is 538. The third-order valence-electron chi connectivity index (χ3n) is 6.18. The van der Waals surface area contributed by atoms with Gasteiger partial charge in [0.1, 0.15) is 0 Å². The molecule has 1 N–H and O–H groups in total. The first-order valence-corrected chi connectivity index (χ1v) is 13.7. The van der Waals surface area contributed by atoms with Gasteiger partial charge in [0, 0.05) is 13.0 Å². The van der Waals surface area contributed by atoms with Gasteiger partial charge in [0.2, 0.25) is 0 Å². The number of allylic oxidation sites excluding steroid dienone is 2. The first-order chi connectivity index (χ1) is 16.9. The molecule has 7 heteroatoms. The molecule has 0 saturated heterocycles. The maximum absolute atomic E-state index is 11.6. The van der Waals surface area contributed by atoms with Gasteiger partial charge in [-0.1, -0.05) is 57.6 Å². The standard InChI is InChI=1S/C28H53NO6/c1-5-6-7-8-9-10-11-12-13-14-15-17-20-26(28(31)32)35-24-25(29(2)3)23-34-22-19-16-18-21-27(30)33-4/h12-13,25-26H,5-11,14-24H2,1-4H3,(H,31,32). The van der Waals surface area contributed by atoms with Gasteiger partial charge in [0.15, 0.2) is 6.10 Å². The third-order valence-corrected chi connectivity index (χ3v) is 6.18. The average molecular weight is 500 g/mol. The second-order valence-electron chi connectivity index (χ2n) is 9.55. The van der Waals surface area contributed by atoms with Crippen LogP contribution < -0.4 is 0 Å². The summed E-state index contributed by atoms with van der Waals surface area (Å²) in [5, 5.41) is 9.54. The lowest BCUT2D eigenvalue weighted by Crippen LogP contribution is -2.39. The Morgan fingerprint density at radius 1 is 0.857 bits per heavy atom. The molecule has 35 heavy (non-hydrogen) atoms. The van der Waals surface area contributed by atoms with Crippen molar-refractivity contribution < 1.29 is 28.9 Å². The molecule has 0 aliphatic rings. The number of ether oxygens (including phenoxy) is 3. The highest BCUT2D eigenvalue weighted by Crippen LogP contribution is 2.11. The quantitative estimate of drug-likeness (QED) is 0.0936. The summed E-state index contributed by atoms with van der Waals surface area (Å²) in [4.78, 5) is 24.7. The Morgan fingerprint density at radius 2 is 1.49 bits per heavy atom. The van der Waals surface area contributed by atoms with Gasteiger partial charge in [-0.25, -0.2) is 4.79 Å². The van der Waals surface area contributed by atoms with Crippen LogP contribution in [0.25, 0.3) is 0 Å². The fourth-order valence-corrected chi connectivity index (χ4v) is 3.69. The van der Waals surface area contributed by atoms with Gasteiger partial charge >= 0.3 is 11.9 Å². The van der Waals surface area contributed by atoms with E-state index in [2.05, 4.69) is 23.8 Å². The molecule has 0 aromatic heterocycles. The summed E-state index contributed by atoms with van der Waals surface area (Å²) in [5.41, 5.74) is 0. The van der Waals surface area contributed by atoms with Crippen LogP contribution in [0.3, 0.4) is 0 Å². The molecule has 0 saturated carbocycles. The van der Waals surface area contributed by atoms with Crippen LogP contribution in [0.2, 0.25) is 0 Å². The molecule has 0 aromatic carbocycles. The second-order valence-corrected chi connectivity index (χ2v) is 9.55. The number of hydrogen-bond acceptors (Lipinski definition) is 6. The maximum atomic E-state index is 11.6. The minimum absolute atomic E-state index is 0.00294. The highest BCUT2D eigenvalue weighted by molar-refractivity contribution is 5.72. The van der Waals surface area contributed by atoms with Gasteiger partial charge in [-0.15, -0.1) is 0 Å². The number of carboxylic acid groups (broad SMARTS) is 1. The van der Waals surface area contributed by atoms with Crippen molar-refractivity contribution in [3.05, 3.63) is 12.2 Å². The molecule has 0 aromatic rings. The van der Waals surface area contributed by atoms with Crippen LogP contribution in [-0.4, -0.2) is 75.1 Å². The summed E-state index contributed by atoms with van der Waals surface area (Å²) in [6.45, 7) is 3.66. The molecule has 0 spiro atoms. The Labute approximate surface area is 214 Å². The van der Waals surface area contributed by atoms with E-state index in [1.807, 2.05) is 19.0 Å². The lowest BCUT2D eigenvalue weighted by Gasteiger charge is -2.25. The lowest BCUT2D eigenvalue weighted by molar-refractivity contribution is -0.152. The molecule has 0 fully saturated rings. The Hall–Kier alpha value is -1.44. The number of nitrogens with zero attached hydrogens (tertiary/aromatic N) is 1. The van der Waals surface area contributed by atoms with Crippen LogP contribution in [0.4, 0.5) is 0 Å². The zero-order valence-electron chi connectivity index (χ0n) is 23.0. The van der Waals surface area contributed by atoms with Gasteiger partial charge in [0.25, 0.3) is 0 Å². The van der Waals surface area contributed by atoms with E-state index in [0.717, 1.165) is 44.9 Å². The average Bonchev–Trinajstić information content (AvgIpc) is 2.83. The van der Waals surface area contributed by atoms with Crippen molar-refractivity contribution in [1.29, 1.82) is 0 Å². The lowest BCUT2D eigenvalue weighted by atomic mass is 10.1. The first-order valence-electron chi connectivity index (χ1n) is 13.7. The van der Waals surface area contributed by atoms with E-state index in [4.69, 9.17) is 9.47 Å². The molecule has 0 radical (unpaired) electrons. The van der Waals surface area contributed by atoms with E-state index in [1.54, 1.807) is 0 Å². The molecule has 7 nitrogen and oxygen atoms in total. The van der Waals surface area contributed by atoms with Crippen molar-refractivity contribution >= 4 is 11.9 Å². The van der Waals surface area contributed by atoms with Gasteiger partial charge in [-0.05, 0) is 65.5 Å². The molecule has 2 unspecified atom stereocenters. The predicted octanol–water partition coefficient (Wildman–Crippen LogP) is 6.00. The van der Waals surface area contributed by atoms with Gasteiger partial charge in [-0.2, -0.15) is 0 Å². The number of carbonyl (C=O) groups is 2. The van der Waals surface area contributed by atoms with Crippen molar-refractivity contribution in [2.45, 2.75) is 115 Å². The summed E-state index contributed by atoms with van der Waals surface area (Å²) in [6, 6.07) is -0.00294. The largest absolute Gasteiger partial charge is 0.479 e. The fraction of sp³-hybridized carbons (Fsp3) is 0.857. The van der Waals surface area contributed by atoms with E-state index >= 15 is 0 Å². The number of carbonyl (C=O) groups excluding carboxylic acids is 1. The van der Waals surface area contributed by atoms with Crippen molar-refractivity contribution in [2.75, 3.05) is 41.0 Å². The normalized spacial score (nSPS) is 13.4. The Kier molecular flexibility index (Phi) is 23.3. The number of carboxylic acids is 1. The van der Waals surface area contributed by atoms with Gasteiger partial charge in [-0.3, -0.25) is 4.79 Å². The molecule has 0 aliphatic heterocycles. The molecule has 0 heterocycles. The highest BCUT2D eigenvalue weighted by atomic mass is 16.5. The number of esters is 1. The van der Waals surface area contributed by atoms with Crippen LogP contribution in [0, 0.1) is 0 Å². The van der Waals surface area contributed by atoms with E-state index < -0.39 is 12.1 Å². The van der Waals surface area contributed by atoms with Crippen LogP contribution in [0.15, 0.2) is 12.2 Å². The molecule has 0 amide bonds. The summed E-state index contributed by atoms with van der Waals surface area (Å²) in [5.74, 6) is -1.07. The molecule has 0 aliphatic carbocycles. The number of likely N-dealkylation sites (N-methyl/N-ethyl adjacent to an activating group) is 1. The summed E-state index contributed by atoms with van der Waals surface area (Å²) in [7, 11) is 5.29. The molecule has 0 bridgehead atoms. The SMILES string of the molecule is CCCCCCCCC=CCCCCC(OCC(COCCCCCC(=O)OC)N(C)C)C(=O)O. The van der Waals surface area contributed by atoms with Gasteiger partial charge in [0.05, 0.1) is 26.4 Å². The second kappa shape index (κ2) is 24.3. The predicted molar refractivity (Wildman–Crippen MR) is 142 cm³/mol. The first kappa shape index (κ1) is 33.6. The molecular formula is C28H53NO6. The monoisotopic (exact) mass is 499 g/mol. The highest BCUT2D eigenvalue weighted by Gasteiger charge is 2.21. The topological polar surface area (TPSA) is 85.3 Å². The smallest absolute Gasteiger partial charge is 0.332 e. The van der Waals surface area contributed by atoms with Crippen molar-refractivity contribution in [3.8, 4) is 0 Å². The summed E-state index contributed by atoms with van der Waals surface area (Å²) >= 11 is 0. The van der Waals surface area contributed by atoms with Crippen LogP contribution in [-0.2, 0) is 23.8 Å². The summed E-state index contributed by atoms with van der Waals surface area (Å²) in [6.07, 6.45) is 19.2. The molecule has 206 valence electrons. The van der Waals surface area contributed by atoms with Gasteiger partial charge < -0.3 is 24.2 Å². The zero-order valence-corrected chi connectivity index (χ0v) is 23.0. The zero-order chi connectivity index (χ0) is 26.2. The maximum Gasteiger partial charge on any atom is 0.332 e. The van der Waals surface area contributed by atoms with Crippen molar-refractivity contribution in [2.24, 2.45) is 0 Å². The minimum Gasteiger partial charge on any atom is -0.479 e. The number of rotatable bonds is 25. The summed E-state index contributed by atoms with van der Waals surface area (Å²) < 4.78 is 16.2. The number of unbranched alkanes of at least 4 members (excludes halogenated alkanes) is 10. The number of methoxy groups -OCH3 is 1. The van der Waals surface area contributed by atoms with Crippen LogP contribution in [0.1, 0.15) is 103 Å².